The second kappa shape index (κ2) is 5.30. The van der Waals surface area contributed by atoms with Crippen LogP contribution in [0, 0.1) is 0 Å². The molecule has 0 saturated heterocycles. The zero-order valence-corrected chi connectivity index (χ0v) is 9.56. The molecule has 0 aliphatic heterocycles. The first kappa shape index (κ1) is 11.4. The summed E-state index contributed by atoms with van der Waals surface area (Å²) in [4.78, 5) is 0. The molecule has 0 radical (unpaired) electrons. The van der Waals surface area contributed by atoms with Gasteiger partial charge in [-0.05, 0) is 34.9 Å². The molecule has 0 amide bonds. The van der Waals surface area contributed by atoms with E-state index in [0.717, 1.165) is 22.4 Å². The molecule has 0 fully saturated rings. The molecule has 0 spiro atoms. The minimum absolute atomic E-state index is 0.544. The molecule has 1 nitrogen and oxygen atoms in total. The van der Waals surface area contributed by atoms with Crippen LogP contribution in [0.15, 0.2) is 54.9 Å². The van der Waals surface area contributed by atoms with Crippen molar-refractivity contribution in [1.29, 1.82) is 0 Å². The molecular weight excluding hydrogens is 215 g/mol. The van der Waals surface area contributed by atoms with Gasteiger partial charge in [0.2, 0.25) is 0 Å². The lowest BCUT2D eigenvalue weighted by Crippen LogP contribution is -1.82. The Morgan fingerprint density at radius 2 is 1.41 bits per heavy atom. The highest BCUT2D eigenvalue weighted by Gasteiger charge is 1.97. The summed E-state index contributed by atoms with van der Waals surface area (Å²) in [7, 11) is 1.65. The van der Waals surface area contributed by atoms with Gasteiger partial charge in [0.1, 0.15) is 5.75 Å². The van der Waals surface area contributed by atoms with Crippen LogP contribution in [0.4, 0.5) is 4.39 Å². The third-order valence-corrected chi connectivity index (χ3v) is 2.59. The molecule has 0 aromatic heterocycles. The quantitative estimate of drug-likeness (QED) is 0.761. The Labute approximate surface area is 100 Å². The van der Waals surface area contributed by atoms with E-state index < -0.39 is 0 Å². The summed E-state index contributed by atoms with van der Waals surface area (Å²) in [5.41, 5.74) is 3.06. The Balaban J connectivity index is 2.26. The van der Waals surface area contributed by atoms with Gasteiger partial charge in [-0.1, -0.05) is 36.4 Å². The summed E-state index contributed by atoms with van der Waals surface area (Å²) in [6.07, 6.45) is 1.97. The van der Waals surface area contributed by atoms with Crippen LogP contribution in [0.3, 0.4) is 0 Å². The summed E-state index contributed by atoms with van der Waals surface area (Å²) < 4.78 is 17.1. The Morgan fingerprint density at radius 3 is 1.88 bits per heavy atom. The first-order valence-corrected chi connectivity index (χ1v) is 5.35. The Kier molecular flexibility index (Phi) is 3.55. The molecule has 2 aromatic carbocycles. The smallest absolute Gasteiger partial charge is 0.118 e. The van der Waals surface area contributed by atoms with Gasteiger partial charge in [-0.25, -0.2) is 4.39 Å². The number of halogens is 1. The van der Waals surface area contributed by atoms with E-state index in [1.54, 1.807) is 7.11 Å². The highest BCUT2D eigenvalue weighted by molar-refractivity contribution is 5.66. The monoisotopic (exact) mass is 228 g/mol. The van der Waals surface area contributed by atoms with Crippen molar-refractivity contribution in [3.63, 3.8) is 0 Å². The molecular formula is C15H13FO. The maximum atomic E-state index is 12.0. The van der Waals surface area contributed by atoms with E-state index in [-0.39, 0.29) is 0 Å². The molecule has 0 saturated carbocycles. The molecule has 0 N–H and O–H groups in total. The largest absolute Gasteiger partial charge is 0.497 e. The maximum absolute atomic E-state index is 12.0. The van der Waals surface area contributed by atoms with Gasteiger partial charge in [0, 0.05) is 0 Å². The summed E-state index contributed by atoms with van der Waals surface area (Å²) in [5.74, 6) is 0.839. The SMILES string of the molecule is COc1ccc(-c2ccc(C=CF)cc2)cc1. The molecule has 2 aromatic rings. The fraction of sp³-hybridized carbons (Fsp3) is 0.0667. The Hall–Kier alpha value is -2.09. The number of rotatable bonds is 3. The summed E-state index contributed by atoms with van der Waals surface area (Å²) >= 11 is 0. The van der Waals surface area contributed by atoms with Gasteiger partial charge in [-0.3, -0.25) is 0 Å². The van der Waals surface area contributed by atoms with Gasteiger partial charge in [0.15, 0.2) is 0 Å². The molecule has 0 atom stereocenters. The van der Waals surface area contributed by atoms with Crippen molar-refractivity contribution in [1.82, 2.24) is 0 Å². The lowest BCUT2D eigenvalue weighted by molar-refractivity contribution is 0.415. The van der Waals surface area contributed by atoms with Gasteiger partial charge in [0.25, 0.3) is 0 Å². The number of benzene rings is 2. The zero-order chi connectivity index (χ0) is 12.1. The fourth-order valence-electron chi connectivity index (χ4n) is 1.64. The van der Waals surface area contributed by atoms with Crippen LogP contribution in [0.2, 0.25) is 0 Å². The van der Waals surface area contributed by atoms with Crippen molar-refractivity contribution in [3.05, 3.63) is 60.4 Å². The van der Waals surface area contributed by atoms with Crippen molar-refractivity contribution in [2.45, 2.75) is 0 Å². The van der Waals surface area contributed by atoms with Gasteiger partial charge < -0.3 is 4.74 Å². The van der Waals surface area contributed by atoms with E-state index in [9.17, 15) is 4.39 Å². The van der Waals surface area contributed by atoms with Crippen molar-refractivity contribution in [3.8, 4) is 16.9 Å². The topological polar surface area (TPSA) is 9.23 Å². The number of hydrogen-bond acceptors (Lipinski definition) is 1. The first-order chi connectivity index (χ1) is 8.33. The van der Waals surface area contributed by atoms with E-state index in [1.807, 2.05) is 48.5 Å². The van der Waals surface area contributed by atoms with Crippen LogP contribution < -0.4 is 4.74 Å². The number of ether oxygens (including phenoxy) is 1. The summed E-state index contributed by atoms with van der Waals surface area (Å²) in [6.45, 7) is 0. The molecule has 2 rings (SSSR count). The normalized spacial score (nSPS) is 10.7. The van der Waals surface area contributed by atoms with Gasteiger partial charge >= 0.3 is 0 Å². The van der Waals surface area contributed by atoms with Crippen LogP contribution in [0.25, 0.3) is 17.2 Å². The van der Waals surface area contributed by atoms with Crippen LogP contribution in [0.5, 0.6) is 5.75 Å². The molecule has 0 aliphatic rings. The lowest BCUT2D eigenvalue weighted by Gasteiger charge is -2.04. The van der Waals surface area contributed by atoms with Crippen LogP contribution in [-0.2, 0) is 0 Å². The average Bonchev–Trinajstić information content (AvgIpc) is 2.40. The predicted molar refractivity (Wildman–Crippen MR) is 68.6 cm³/mol. The highest BCUT2D eigenvalue weighted by atomic mass is 19.1. The molecule has 86 valence electrons. The number of methoxy groups -OCH3 is 1. The molecule has 0 bridgehead atoms. The molecule has 17 heavy (non-hydrogen) atoms. The van der Waals surface area contributed by atoms with E-state index in [4.69, 9.17) is 4.74 Å². The predicted octanol–water partition coefficient (Wildman–Crippen LogP) is 4.30. The Bertz CT molecular complexity index is 497. The van der Waals surface area contributed by atoms with Crippen LogP contribution in [-0.4, -0.2) is 7.11 Å². The van der Waals surface area contributed by atoms with E-state index in [1.165, 1.54) is 6.08 Å². The van der Waals surface area contributed by atoms with Gasteiger partial charge in [-0.15, -0.1) is 0 Å². The third-order valence-electron chi connectivity index (χ3n) is 2.59. The van der Waals surface area contributed by atoms with E-state index >= 15 is 0 Å². The molecule has 0 heterocycles. The standard InChI is InChI=1S/C15H13FO/c1-17-15-8-6-14(7-9-15)13-4-2-12(3-5-13)10-11-16/h2-11H,1H3. The van der Waals surface area contributed by atoms with Crippen molar-refractivity contribution in [2.24, 2.45) is 0 Å². The first-order valence-electron chi connectivity index (χ1n) is 5.35. The fourth-order valence-corrected chi connectivity index (χ4v) is 1.64. The minimum atomic E-state index is 0.544. The lowest BCUT2D eigenvalue weighted by atomic mass is 10.0. The Morgan fingerprint density at radius 1 is 0.882 bits per heavy atom. The summed E-state index contributed by atoms with van der Waals surface area (Å²) in [6, 6.07) is 15.5. The van der Waals surface area contributed by atoms with Crippen LogP contribution >= 0.6 is 0 Å². The van der Waals surface area contributed by atoms with Crippen molar-refractivity contribution < 1.29 is 9.13 Å². The van der Waals surface area contributed by atoms with Crippen molar-refractivity contribution in [2.75, 3.05) is 7.11 Å². The number of hydrogen-bond donors (Lipinski definition) is 0. The second-order valence-electron chi connectivity index (χ2n) is 3.64. The molecule has 2 heteroatoms. The van der Waals surface area contributed by atoms with Crippen molar-refractivity contribution >= 4 is 6.08 Å². The van der Waals surface area contributed by atoms with Crippen LogP contribution in [0.1, 0.15) is 5.56 Å². The van der Waals surface area contributed by atoms with E-state index in [0.29, 0.717) is 6.33 Å². The summed E-state index contributed by atoms with van der Waals surface area (Å²) in [5, 5.41) is 0. The zero-order valence-electron chi connectivity index (χ0n) is 9.56. The van der Waals surface area contributed by atoms with E-state index in [2.05, 4.69) is 0 Å². The third kappa shape index (κ3) is 2.72. The second-order valence-corrected chi connectivity index (χ2v) is 3.64. The maximum Gasteiger partial charge on any atom is 0.118 e. The highest BCUT2D eigenvalue weighted by Crippen LogP contribution is 2.22. The minimum Gasteiger partial charge on any atom is -0.497 e. The van der Waals surface area contributed by atoms with Gasteiger partial charge in [-0.2, -0.15) is 0 Å². The van der Waals surface area contributed by atoms with Gasteiger partial charge in [0.05, 0.1) is 13.4 Å². The molecule has 0 unspecified atom stereocenters. The molecule has 0 aliphatic carbocycles. The average molecular weight is 228 g/mol.